The molecule has 2 aromatic rings. The summed E-state index contributed by atoms with van der Waals surface area (Å²) in [6, 6.07) is 13.5. The number of ether oxygens (including phenoxy) is 2. The van der Waals surface area contributed by atoms with Gasteiger partial charge in [-0.15, -0.1) is 0 Å². The third-order valence-electron chi connectivity index (χ3n) is 9.53. The summed E-state index contributed by atoms with van der Waals surface area (Å²) in [6.45, 7) is 4.35. The molecule has 0 bridgehead atoms. The standard InChI is InChI=1S/C36H41N3O7/c1-23-15-16-24(2)27(21-23)38-19-10-17-36-31(34(43)39(18-8-9-20-40)32(36)35(38)44)30-28(46-36)13-6-7-14-29(41)45-22-26(37-33(30)42)25-11-4-3-5-12-25/h3-6,10-13,15-17,21,26,28,30-32,40H,7-9,14,18-20,22H2,1-2H3,(H,37,42)/b13-6-/t26-,28+,30-,31-,32+,36-/m0/s1. The van der Waals surface area contributed by atoms with Crippen LogP contribution < -0.4 is 10.2 Å². The molecule has 6 atom stereocenters. The van der Waals surface area contributed by atoms with Gasteiger partial charge >= 0.3 is 5.97 Å². The van der Waals surface area contributed by atoms with E-state index in [1.54, 1.807) is 22.0 Å². The highest BCUT2D eigenvalue weighted by Crippen LogP contribution is 2.53. The Morgan fingerprint density at radius 1 is 1.00 bits per heavy atom. The van der Waals surface area contributed by atoms with Crippen LogP contribution in [0, 0.1) is 25.7 Å². The second kappa shape index (κ2) is 13.2. The molecule has 3 amide bonds. The van der Waals surface area contributed by atoms with Gasteiger partial charge in [0.15, 0.2) is 0 Å². The van der Waals surface area contributed by atoms with E-state index in [0.29, 0.717) is 19.3 Å². The highest BCUT2D eigenvalue weighted by Gasteiger charge is 2.71. The van der Waals surface area contributed by atoms with Crippen LogP contribution in [0.15, 0.2) is 72.8 Å². The molecule has 0 aliphatic carbocycles. The first-order valence-corrected chi connectivity index (χ1v) is 16.1. The van der Waals surface area contributed by atoms with E-state index in [4.69, 9.17) is 9.47 Å². The Morgan fingerprint density at radius 2 is 1.80 bits per heavy atom. The Kier molecular flexibility index (Phi) is 9.11. The van der Waals surface area contributed by atoms with Crippen molar-refractivity contribution in [2.24, 2.45) is 11.8 Å². The number of nitrogens with zero attached hydrogens (tertiary/aromatic N) is 2. The maximum absolute atomic E-state index is 14.7. The van der Waals surface area contributed by atoms with Gasteiger partial charge in [0.1, 0.15) is 18.2 Å². The van der Waals surface area contributed by atoms with Crippen molar-refractivity contribution < 1.29 is 33.8 Å². The molecule has 10 heteroatoms. The van der Waals surface area contributed by atoms with Crippen molar-refractivity contribution in [3.63, 3.8) is 0 Å². The fourth-order valence-corrected chi connectivity index (χ4v) is 7.30. The minimum absolute atomic E-state index is 0.0381. The minimum atomic E-state index is -1.40. The monoisotopic (exact) mass is 627 g/mol. The first-order valence-electron chi connectivity index (χ1n) is 16.1. The first-order chi connectivity index (χ1) is 22.2. The molecule has 1 spiro atoms. The van der Waals surface area contributed by atoms with Crippen molar-refractivity contribution in [2.75, 3.05) is 31.2 Å². The topological polar surface area (TPSA) is 125 Å². The van der Waals surface area contributed by atoms with Crippen molar-refractivity contribution in [3.8, 4) is 0 Å². The van der Waals surface area contributed by atoms with Gasteiger partial charge in [0.25, 0.3) is 5.91 Å². The number of unbranched alkanes of at least 4 members (excludes halogenated alkanes) is 1. The van der Waals surface area contributed by atoms with E-state index >= 15 is 0 Å². The molecular formula is C36H41N3O7. The molecule has 46 heavy (non-hydrogen) atoms. The lowest BCUT2D eigenvalue weighted by molar-refractivity contribution is -0.146. The SMILES string of the molecule is Cc1ccc(C)c(N2CC=C[C@]34O[C@@H]5/C=C\CCC(=O)OC[C@@H](c6ccccc6)NC(=O)[C@@H]5[C@H]3C(=O)N(CCCCO)[C@@H]4C2=O)c1. The van der Waals surface area contributed by atoms with Crippen molar-refractivity contribution >= 4 is 29.4 Å². The van der Waals surface area contributed by atoms with Crippen LogP contribution in [-0.4, -0.2) is 77.7 Å². The zero-order chi connectivity index (χ0) is 32.4. The predicted molar refractivity (Wildman–Crippen MR) is 170 cm³/mol. The number of aliphatic hydroxyl groups is 1. The molecule has 2 saturated heterocycles. The number of anilines is 1. The first kappa shape index (κ1) is 31.7. The van der Waals surface area contributed by atoms with Gasteiger partial charge in [-0.05, 0) is 55.9 Å². The van der Waals surface area contributed by atoms with Gasteiger partial charge in [-0.25, -0.2) is 0 Å². The van der Waals surface area contributed by atoms with Crippen LogP contribution >= 0.6 is 0 Å². The summed E-state index contributed by atoms with van der Waals surface area (Å²) < 4.78 is 12.3. The number of fused-ring (bicyclic) bond motifs is 2. The van der Waals surface area contributed by atoms with E-state index in [1.807, 2.05) is 74.5 Å². The largest absolute Gasteiger partial charge is 0.463 e. The summed E-state index contributed by atoms with van der Waals surface area (Å²) >= 11 is 0. The highest BCUT2D eigenvalue weighted by molar-refractivity contribution is 6.06. The number of aliphatic hydroxyl groups excluding tert-OH is 1. The van der Waals surface area contributed by atoms with Gasteiger partial charge in [-0.1, -0.05) is 66.8 Å². The Morgan fingerprint density at radius 3 is 2.59 bits per heavy atom. The summed E-state index contributed by atoms with van der Waals surface area (Å²) in [6.07, 6.45) is 7.89. The number of nitrogens with one attached hydrogen (secondary N) is 1. The number of carbonyl (C=O) groups excluding carboxylic acids is 4. The van der Waals surface area contributed by atoms with E-state index in [9.17, 15) is 24.3 Å². The van der Waals surface area contributed by atoms with E-state index < -0.39 is 41.5 Å². The Labute approximate surface area is 269 Å². The van der Waals surface area contributed by atoms with Gasteiger partial charge in [0, 0.05) is 31.8 Å². The summed E-state index contributed by atoms with van der Waals surface area (Å²) in [7, 11) is 0. The Balaban J connectivity index is 1.43. The zero-order valence-electron chi connectivity index (χ0n) is 26.3. The second-order valence-electron chi connectivity index (χ2n) is 12.6. The van der Waals surface area contributed by atoms with Crippen LogP contribution in [0.5, 0.6) is 0 Å². The van der Waals surface area contributed by atoms with Crippen LogP contribution in [0.4, 0.5) is 5.69 Å². The lowest BCUT2D eigenvalue weighted by atomic mass is 9.77. The summed E-state index contributed by atoms with van der Waals surface area (Å²) in [5, 5.41) is 12.6. The molecular weight excluding hydrogens is 586 g/mol. The maximum atomic E-state index is 14.7. The average Bonchev–Trinajstić information content (AvgIpc) is 3.43. The van der Waals surface area contributed by atoms with Gasteiger partial charge in [-0.2, -0.15) is 0 Å². The van der Waals surface area contributed by atoms with E-state index in [0.717, 1.165) is 22.4 Å². The number of likely N-dealkylation sites (tertiary alicyclic amines) is 1. The van der Waals surface area contributed by atoms with Crippen LogP contribution in [0.3, 0.4) is 0 Å². The molecule has 6 rings (SSSR count). The number of aryl methyl sites for hydroxylation is 2. The van der Waals surface area contributed by atoms with Gasteiger partial charge < -0.3 is 29.7 Å². The fraction of sp³-hybridized carbons (Fsp3) is 0.444. The van der Waals surface area contributed by atoms with Gasteiger partial charge in [0.05, 0.1) is 24.0 Å². The van der Waals surface area contributed by atoms with Crippen LogP contribution in [0.1, 0.15) is 48.4 Å². The summed E-state index contributed by atoms with van der Waals surface area (Å²) in [4.78, 5) is 59.3. The van der Waals surface area contributed by atoms with E-state index in [2.05, 4.69) is 5.32 Å². The molecule has 0 unspecified atom stereocenters. The molecule has 10 nitrogen and oxygen atoms in total. The minimum Gasteiger partial charge on any atom is -0.463 e. The molecule has 0 aromatic heterocycles. The molecule has 2 N–H and O–H groups in total. The highest BCUT2D eigenvalue weighted by atomic mass is 16.5. The average molecular weight is 628 g/mol. The normalized spacial score (nSPS) is 30.4. The summed E-state index contributed by atoms with van der Waals surface area (Å²) in [5.41, 5.74) is 2.05. The zero-order valence-corrected chi connectivity index (χ0v) is 26.3. The molecule has 0 radical (unpaired) electrons. The number of esters is 1. The number of hydrogen-bond acceptors (Lipinski definition) is 7. The maximum Gasteiger partial charge on any atom is 0.306 e. The number of benzene rings is 2. The Bertz CT molecular complexity index is 1560. The molecule has 4 aliphatic rings. The molecule has 0 saturated carbocycles. The van der Waals surface area contributed by atoms with Crippen molar-refractivity contribution in [1.29, 1.82) is 0 Å². The number of hydrogen-bond donors (Lipinski definition) is 2. The number of cyclic esters (lactones) is 1. The lowest BCUT2D eigenvalue weighted by Gasteiger charge is -2.35. The number of allylic oxidation sites excluding steroid dienone is 1. The van der Waals surface area contributed by atoms with Crippen LogP contribution in [0.25, 0.3) is 0 Å². The Hall–Kier alpha value is -4.28. The number of carbonyl (C=O) groups is 4. The van der Waals surface area contributed by atoms with Crippen LogP contribution in [0.2, 0.25) is 0 Å². The predicted octanol–water partition coefficient (Wildman–Crippen LogP) is 3.31. The van der Waals surface area contributed by atoms with Crippen LogP contribution in [-0.2, 0) is 28.7 Å². The smallest absolute Gasteiger partial charge is 0.306 e. The molecule has 2 fully saturated rings. The van der Waals surface area contributed by atoms with E-state index in [-0.39, 0.29) is 50.5 Å². The quantitative estimate of drug-likeness (QED) is 0.286. The molecule has 242 valence electrons. The van der Waals surface area contributed by atoms with Crippen molar-refractivity contribution in [1.82, 2.24) is 10.2 Å². The summed E-state index contributed by atoms with van der Waals surface area (Å²) in [5.74, 6) is -3.31. The molecule has 4 aliphatic heterocycles. The van der Waals surface area contributed by atoms with Gasteiger partial charge in [0.2, 0.25) is 11.8 Å². The lowest BCUT2D eigenvalue weighted by Crippen LogP contribution is -2.55. The van der Waals surface area contributed by atoms with Gasteiger partial charge in [-0.3, -0.25) is 19.2 Å². The number of amides is 3. The third-order valence-corrected chi connectivity index (χ3v) is 9.53. The molecule has 2 aromatic carbocycles. The third kappa shape index (κ3) is 5.76. The van der Waals surface area contributed by atoms with Crippen molar-refractivity contribution in [2.45, 2.75) is 63.3 Å². The van der Waals surface area contributed by atoms with Crippen molar-refractivity contribution in [3.05, 3.63) is 89.5 Å². The fourth-order valence-electron chi connectivity index (χ4n) is 7.30. The number of rotatable bonds is 6. The second-order valence-corrected chi connectivity index (χ2v) is 12.6. The molecule has 4 heterocycles. The van der Waals surface area contributed by atoms with E-state index in [1.165, 1.54) is 0 Å².